The molecule has 1 nitrogen and oxygen atoms in total. The topological polar surface area (TPSA) is 9.23 Å². The van der Waals surface area contributed by atoms with E-state index in [1.165, 1.54) is 18.4 Å². The molecule has 0 atom stereocenters. The van der Waals surface area contributed by atoms with Crippen LogP contribution >= 0.6 is 0 Å². The van der Waals surface area contributed by atoms with Crippen LogP contribution in [-0.2, 0) is 26.9 Å². The number of hydrogen-bond acceptors (Lipinski definition) is 1. The molecule has 0 N–H and O–H groups in total. The van der Waals surface area contributed by atoms with E-state index in [0.717, 1.165) is 18.6 Å². The first-order valence-electron chi connectivity index (χ1n) is 6.02. The largest absolute Gasteiger partial charge is 1.00 e. The number of rotatable bonds is 5. The summed E-state index contributed by atoms with van der Waals surface area (Å²) >= 11 is 2.24. The molecule has 0 saturated heterocycles. The molecule has 0 amide bonds. The summed E-state index contributed by atoms with van der Waals surface area (Å²) in [6.07, 6.45) is 9.27. The van der Waals surface area contributed by atoms with Gasteiger partial charge in [-0.2, -0.15) is 0 Å². The first-order valence-corrected chi connectivity index (χ1v) is 6.81. The zero-order valence-corrected chi connectivity index (χ0v) is 14.0. The van der Waals surface area contributed by atoms with Crippen LogP contribution in [0.25, 0.3) is 0 Å². The average Bonchev–Trinajstić information content (AvgIpc) is 2.76. The Morgan fingerprint density at radius 2 is 1.79 bits per heavy atom. The summed E-state index contributed by atoms with van der Waals surface area (Å²) in [5, 5.41) is 0. The van der Waals surface area contributed by atoms with E-state index >= 15 is 0 Å². The number of hydrogen-bond donors (Lipinski definition) is 0. The van der Waals surface area contributed by atoms with E-state index < -0.39 is 0 Å². The summed E-state index contributed by atoms with van der Waals surface area (Å²) in [5.74, 6) is 0.936. The van der Waals surface area contributed by atoms with E-state index in [0.29, 0.717) is 0 Å². The van der Waals surface area contributed by atoms with Gasteiger partial charge < -0.3 is 24.8 Å². The molecule has 0 bridgehead atoms. The van der Waals surface area contributed by atoms with Crippen LogP contribution in [0, 0.1) is 0 Å². The number of allylic oxidation sites excluding steroid dienone is 4. The molecule has 0 radical (unpaired) electrons. The predicted octanol–water partition coefficient (Wildman–Crippen LogP) is -2.21. The van der Waals surface area contributed by atoms with E-state index in [-0.39, 0.29) is 24.8 Å². The third kappa shape index (κ3) is 5.75. The summed E-state index contributed by atoms with van der Waals surface area (Å²) in [7, 11) is 1.71. The van der Waals surface area contributed by atoms with Gasteiger partial charge in [0, 0.05) is 0 Å². The minimum absolute atomic E-state index is 0. The molecular weight excluding hydrogens is 315 g/mol. The van der Waals surface area contributed by atoms with Crippen molar-refractivity contribution in [2.75, 3.05) is 7.11 Å². The van der Waals surface area contributed by atoms with Gasteiger partial charge in [0.2, 0.25) is 0 Å². The normalized spacial score (nSPS) is 13.0. The minimum Gasteiger partial charge on any atom is -1.00 e. The van der Waals surface area contributed by atoms with E-state index in [1.807, 2.05) is 12.1 Å². The van der Waals surface area contributed by atoms with Gasteiger partial charge in [-0.25, -0.2) is 0 Å². The molecule has 1 aliphatic rings. The van der Waals surface area contributed by atoms with Gasteiger partial charge in [-0.15, -0.1) is 0 Å². The number of methoxy groups -OCH3 is 1. The molecule has 0 aliphatic heterocycles. The maximum absolute atomic E-state index is 5.15. The minimum atomic E-state index is 0. The van der Waals surface area contributed by atoms with Crippen molar-refractivity contribution in [3.63, 3.8) is 0 Å². The summed E-state index contributed by atoms with van der Waals surface area (Å²) in [5.41, 5.74) is 2.93. The van der Waals surface area contributed by atoms with Crippen molar-refractivity contribution >= 4 is 0 Å². The quantitative estimate of drug-likeness (QED) is 0.556. The van der Waals surface area contributed by atoms with Crippen molar-refractivity contribution in [2.24, 2.45) is 0 Å². The molecule has 19 heavy (non-hydrogen) atoms. The maximum Gasteiger partial charge on any atom is -1.00 e. The number of benzene rings is 1. The van der Waals surface area contributed by atoms with Crippen LogP contribution in [-0.4, -0.2) is 7.11 Å². The fourth-order valence-corrected chi connectivity index (χ4v) is 2.57. The van der Waals surface area contributed by atoms with Crippen LogP contribution in [0.2, 0.25) is 0 Å². The second-order valence-electron chi connectivity index (χ2n) is 4.31. The summed E-state index contributed by atoms with van der Waals surface area (Å²) < 4.78 is 6.69. The monoisotopic (exact) mass is 331 g/mol. The smallest absolute Gasteiger partial charge is 1.00 e. The Morgan fingerprint density at radius 3 is 2.32 bits per heavy atom. The second kappa shape index (κ2) is 9.66. The third-order valence-corrected chi connectivity index (χ3v) is 3.92. The van der Waals surface area contributed by atoms with Gasteiger partial charge >= 0.3 is 115 Å². The van der Waals surface area contributed by atoms with Crippen molar-refractivity contribution in [1.29, 1.82) is 0 Å². The van der Waals surface area contributed by atoms with Crippen LogP contribution in [0.1, 0.15) is 24.8 Å². The molecule has 4 heteroatoms. The molecule has 101 valence electrons. The molecule has 1 aromatic carbocycles. The SMILES string of the molecule is COc1ccc(CCCC2=[C]([Ti+2])CC=C2)cc1.[Cl-].[Cl-]. The van der Waals surface area contributed by atoms with Crippen LogP contribution in [0.4, 0.5) is 0 Å². The summed E-state index contributed by atoms with van der Waals surface area (Å²) in [6.45, 7) is 0. The Labute approximate surface area is 139 Å². The van der Waals surface area contributed by atoms with Gasteiger partial charge in [-0.1, -0.05) is 0 Å². The molecule has 0 heterocycles. The molecule has 0 spiro atoms. The van der Waals surface area contributed by atoms with Crippen molar-refractivity contribution in [3.05, 3.63) is 51.4 Å². The molecule has 1 aromatic rings. The van der Waals surface area contributed by atoms with Crippen molar-refractivity contribution in [3.8, 4) is 5.75 Å². The van der Waals surface area contributed by atoms with Gasteiger partial charge in [-0.3, -0.25) is 0 Å². The Kier molecular flexibility index (Phi) is 9.55. The first-order chi connectivity index (χ1) is 8.29. The van der Waals surface area contributed by atoms with E-state index in [1.54, 1.807) is 16.6 Å². The molecule has 0 aromatic heterocycles. The maximum atomic E-state index is 5.15. The third-order valence-electron chi connectivity index (χ3n) is 3.10. The van der Waals surface area contributed by atoms with Crippen molar-refractivity contribution < 1.29 is 50.0 Å². The van der Waals surface area contributed by atoms with E-state index in [2.05, 4.69) is 44.7 Å². The molecule has 1 aliphatic carbocycles. The molecule has 2 rings (SSSR count). The number of ether oxygens (including phenoxy) is 1. The van der Waals surface area contributed by atoms with Gasteiger partial charge in [-0.05, 0) is 0 Å². The van der Waals surface area contributed by atoms with E-state index in [4.69, 9.17) is 4.74 Å². The second-order valence-corrected chi connectivity index (χ2v) is 5.25. The fourth-order valence-electron chi connectivity index (χ4n) is 2.06. The summed E-state index contributed by atoms with van der Waals surface area (Å²) in [6, 6.07) is 8.39. The van der Waals surface area contributed by atoms with Crippen LogP contribution in [0.15, 0.2) is 45.9 Å². The van der Waals surface area contributed by atoms with Gasteiger partial charge in [0.15, 0.2) is 0 Å². The molecule has 0 saturated carbocycles. The zero-order chi connectivity index (χ0) is 12.1. The Morgan fingerprint density at radius 1 is 1.11 bits per heavy atom. The molecule has 0 unspecified atom stereocenters. The Hall–Kier alpha value is -0.206. The molecular formula is C15H17Cl2OTi. The van der Waals surface area contributed by atoms with Gasteiger partial charge in [0.25, 0.3) is 0 Å². The van der Waals surface area contributed by atoms with Crippen LogP contribution in [0.3, 0.4) is 0 Å². The zero-order valence-electron chi connectivity index (χ0n) is 11.0. The molecule has 0 fully saturated rings. The first kappa shape index (κ1) is 18.8. The fraction of sp³-hybridized carbons (Fsp3) is 0.333. The van der Waals surface area contributed by atoms with Gasteiger partial charge in [0.1, 0.15) is 0 Å². The predicted molar refractivity (Wildman–Crippen MR) is 66.7 cm³/mol. The number of halogens is 2. The van der Waals surface area contributed by atoms with Crippen LogP contribution in [0.5, 0.6) is 5.75 Å². The van der Waals surface area contributed by atoms with Crippen LogP contribution < -0.4 is 29.6 Å². The van der Waals surface area contributed by atoms with E-state index in [9.17, 15) is 0 Å². The summed E-state index contributed by atoms with van der Waals surface area (Å²) in [4.78, 5) is 0. The number of aryl methyl sites for hydroxylation is 1. The Balaban J connectivity index is 0.00000162. The Bertz CT molecular complexity index is 438. The van der Waals surface area contributed by atoms with Crippen molar-refractivity contribution in [2.45, 2.75) is 25.7 Å². The van der Waals surface area contributed by atoms with Gasteiger partial charge in [0.05, 0.1) is 0 Å². The average molecular weight is 332 g/mol. The van der Waals surface area contributed by atoms with Crippen molar-refractivity contribution in [1.82, 2.24) is 0 Å². The standard InChI is InChI=1S/C15H17O.2ClH.Ti/c1-16-15-11-9-14(10-12-15)8-4-7-13-5-2-3-6-13;;;/h2,5,9-12H,3-4,7-8H2,1H3;2*1H;/q;;;+2/p-2.